The Hall–Kier alpha value is -0.400. The van der Waals surface area contributed by atoms with E-state index in [9.17, 15) is 4.79 Å². The molecule has 7 heteroatoms. The number of carbonyl (C=O) groups excluding carboxylic acids is 1. The van der Waals surface area contributed by atoms with Gasteiger partial charge in [-0.25, -0.2) is 13.4 Å². The topological polar surface area (TPSA) is 45.1 Å². The van der Waals surface area contributed by atoms with Gasteiger partial charge in [0.05, 0.1) is 0 Å². The van der Waals surface area contributed by atoms with Crippen molar-refractivity contribution in [3.63, 3.8) is 0 Å². The highest BCUT2D eigenvalue weighted by Crippen LogP contribution is 2.17. The molecular weight excluding hydrogens is 282 g/mol. The summed E-state index contributed by atoms with van der Waals surface area (Å²) in [6.07, 6.45) is 4.03. The summed E-state index contributed by atoms with van der Waals surface area (Å²) in [4.78, 5) is 16.4. The zero-order valence-corrected chi connectivity index (χ0v) is 14.0. The molecule has 0 aliphatic rings. The highest BCUT2D eigenvalue weighted by Gasteiger charge is 2.15. The summed E-state index contributed by atoms with van der Waals surface area (Å²) in [5.74, 6) is 0. The van der Waals surface area contributed by atoms with Gasteiger partial charge in [-0.15, -0.1) is 12.6 Å². The number of rotatable bonds is 9. The molecule has 0 aromatic carbocycles. The molecule has 0 spiro atoms. The summed E-state index contributed by atoms with van der Waals surface area (Å²) in [7, 11) is 1.68. The first-order chi connectivity index (χ1) is 9.01. The van der Waals surface area contributed by atoms with Crippen LogP contribution < -0.4 is 0 Å². The lowest BCUT2D eigenvalue weighted by molar-refractivity contribution is 0.136. The predicted molar refractivity (Wildman–Crippen MR) is 85.3 cm³/mol. The lowest BCUT2D eigenvalue weighted by Crippen LogP contribution is -2.28. The third kappa shape index (κ3) is 10.1. The third-order valence-corrected chi connectivity index (χ3v) is 3.34. The molecule has 0 unspecified atom stereocenters. The fourth-order valence-corrected chi connectivity index (χ4v) is 2.14. The van der Waals surface area contributed by atoms with Crippen molar-refractivity contribution in [1.82, 2.24) is 8.61 Å². The molecule has 0 aromatic heterocycles. The van der Waals surface area contributed by atoms with Crippen molar-refractivity contribution in [3.05, 3.63) is 0 Å². The van der Waals surface area contributed by atoms with Crippen LogP contribution in [0.4, 0.5) is 4.79 Å². The van der Waals surface area contributed by atoms with Crippen LogP contribution in [0.25, 0.3) is 0 Å². The first kappa shape index (κ1) is 18.6. The van der Waals surface area contributed by atoms with Gasteiger partial charge in [0.2, 0.25) is 0 Å². The van der Waals surface area contributed by atoms with Crippen LogP contribution in [0.15, 0.2) is 5.16 Å². The second-order valence-electron chi connectivity index (χ2n) is 4.21. The number of thiol groups is 1. The van der Waals surface area contributed by atoms with Crippen molar-refractivity contribution >= 4 is 35.9 Å². The van der Waals surface area contributed by atoms with Gasteiger partial charge in [-0.1, -0.05) is 31.8 Å². The van der Waals surface area contributed by atoms with Gasteiger partial charge in [0, 0.05) is 32.3 Å². The van der Waals surface area contributed by atoms with E-state index >= 15 is 0 Å². The van der Waals surface area contributed by atoms with Crippen molar-refractivity contribution in [2.45, 2.75) is 46.5 Å². The van der Waals surface area contributed by atoms with Crippen LogP contribution in [0.5, 0.6) is 0 Å². The van der Waals surface area contributed by atoms with E-state index in [1.165, 1.54) is 16.4 Å². The van der Waals surface area contributed by atoms with Gasteiger partial charge < -0.3 is 0 Å². The number of carbonyl (C=O) groups is 1. The van der Waals surface area contributed by atoms with Crippen LogP contribution in [-0.4, -0.2) is 39.9 Å². The molecule has 0 rings (SSSR count). The number of hydrogen-bond donors (Lipinski definition) is 1. The molecule has 0 fully saturated rings. The normalized spacial score (nSPS) is 11.8. The lowest BCUT2D eigenvalue weighted by atomic mass is 10.3. The minimum Gasteiger partial charge on any atom is -0.296 e. The molecule has 0 heterocycles. The summed E-state index contributed by atoms with van der Waals surface area (Å²) >= 11 is 5.32. The molecular formula is C12H25N3O2S2. The minimum absolute atomic E-state index is 0.417. The Labute approximate surface area is 126 Å². The zero-order valence-electron chi connectivity index (χ0n) is 12.3. The maximum atomic E-state index is 11.6. The monoisotopic (exact) mass is 307 g/mol. The van der Waals surface area contributed by atoms with E-state index < -0.39 is 6.09 Å². The molecule has 112 valence electrons. The van der Waals surface area contributed by atoms with Crippen LogP contribution >= 0.6 is 24.8 Å². The second kappa shape index (κ2) is 11.4. The summed E-state index contributed by atoms with van der Waals surface area (Å²) in [5.41, 5.74) is 0. The van der Waals surface area contributed by atoms with Crippen molar-refractivity contribution in [3.8, 4) is 0 Å². The molecule has 5 nitrogen and oxygen atoms in total. The Morgan fingerprint density at radius 1 is 1.26 bits per heavy atom. The van der Waals surface area contributed by atoms with E-state index in [4.69, 9.17) is 4.84 Å². The Balaban J connectivity index is 4.22. The Morgan fingerprint density at radius 3 is 2.21 bits per heavy atom. The Bertz CT molecular complexity index is 276. The number of amides is 1. The van der Waals surface area contributed by atoms with Crippen LogP contribution in [0.3, 0.4) is 0 Å². The first-order valence-electron chi connectivity index (χ1n) is 6.62. The quantitative estimate of drug-likeness (QED) is 0.176. The molecule has 0 radical (unpaired) electrons. The third-order valence-electron chi connectivity index (χ3n) is 2.27. The molecule has 0 saturated carbocycles. The molecule has 0 N–H and O–H groups in total. The van der Waals surface area contributed by atoms with E-state index in [1.807, 2.05) is 0 Å². The molecule has 0 aliphatic heterocycles. The highest BCUT2D eigenvalue weighted by molar-refractivity contribution is 7.96. The molecule has 0 aliphatic carbocycles. The Kier molecular flexibility index (Phi) is 11.2. The summed E-state index contributed by atoms with van der Waals surface area (Å²) in [6, 6.07) is 0. The van der Waals surface area contributed by atoms with Gasteiger partial charge >= 0.3 is 6.09 Å². The van der Waals surface area contributed by atoms with Gasteiger partial charge in [0.1, 0.15) is 5.04 Å². The fraction of sp³-hybridized carbons (Fsp3) is 0.833. The van der Waals surface area contributed by atoms with Gasteiger partial charge in [-0.2, -0.15) is 0 Å². The van der Waals surface area contributed by atoms with Gasteiger partial charge in [-0.3, -0.25) is 4.84 Å². The van der Waals surface area contributed by atoms with Gasteiger partial charge in [0.25, 0.3) is 0 Å². The van der Waals surface area contributed by atoms with Crippen molar-refractivity contribution in [2.24, 2.45) is 5.16 Å². The average Bonchev–Trinajstić information content (AvgIpc) is 2.38. The number of nitrogens with zero attached hydrogens (tertiary/aromatic N) is 3. The highest BCUT2D eigenvalue weighted by atomic mass is 32.2. The average molecular weight is 307 g/mol. The number of unbranched alkanes of at least 4 members (excludes halogenated alkanes) is 2. The molecule has 0 bridgehead atoms. The first-order valence-corrected chi connectivity index (χ1v) is 7.80. The van der Waals surface area contributed by atoms with E-state index in [1.54, 1.807) is 14.0 Å². The van der Waals surface area contributed by atoms with Crippen molar-refractivity contribution in [2.75, 3.05) is 20.1 Å². The number of hydrogen-bond acceptors (Lipinski definition) is 5. The SMILES string of the molecule is CCCCN(CCCC)SN(C)C(=O)ON=C(C)S. The van der Waals surface area contributed by atoms with Crippen molar-refractivity contribution in [1.29, 1.82) is 0 Å². The maximum absolute atomic E-state index is 11.6. The molecule has 1 amide bonds. The fourth-order valence-electron chi connectivity index (χ4n) is 1.23. The number of oxime groups is 1. The van der Waals surface area contributed by atoms with Crippen LogP contribution in [0.1, 0.15) is 46.5 Å². The summed E-state index contributed by atoms with van der Waals surface area (Å²) in [5, 5.41) is 3.95. The smallest absolute Gasteiger partial charge is 0.296 e. The molecule has 19 heavy (non-hydrogen) atoms. The largest absolute Gasteiger partial charge is 0.446 e. The standard InChI is InChI=1S/C12H25N3O2S2/c1-5-7-9-15(10-8-6-2)19-14(4)12(16)17-13-11(3)18/h5-10H2,1-4H3,(H,13,18). The molecule has 0 atom stereocenters. The summed E-state index contributed by atoms with van der Waals surface area (Å²) < 4.78 is 3.64. The second-order valence-corrected chi connectivity index (χ2v) is 6.09. The van der Waals surface area contributed by atoms with Crippen LogP contribution in [0, 0.1) is 0 Å². The van der Waals surface area contributed by atoms with E-state index in [0.29, 0.717) is 5.04 Å². The van der Waals surface area contributed by atoms with Crippen LogP contribution in [0.2, 0.25) is 0 Å². The molecule has 0 aromatic rings. The van der Waals surface area contributed by atoms with E-state index in [-0.39, 0.29) is 0 Å². The maximum Gasteiger partial charge on any atom is 0.446 e. The zero-order chi connectivity index (χ0) is 14.7. The van der Waals surface area contributed by atoms with Crippen LogP contribution in [-0.2, 0) is 4.84 Å². The molecule has 0 saturated heterocycles. The van der Waals surface area contributed by atoms with E-state index in [0.717, 1.165) is 38.8 Å². The van der Waals surface area contributed by atoms with Gasteiger partial charge in [0.15, 0.2) is 0 Å². The Morgan fingerprint density at radius 2 is 1.79 bits per heavy atom. The van der Waals surface area contributed by atoms with E-state index in [2.05, 4.69) is 35.9 Å². The summed E-state index contributed by atoms with van der Waals surface area (Å²) in [6.45, 7) is 7.90. The lowest BCUT2D eigenvalue weighted by Gasteiger charge is -2.24. The minimum atomic E-state index is -0.489. The van der Waals surface area contributed by atoms with Gasteiger partial charge in [-0.05, 0) is 19.8 Å². The van der Waals surface area contributed by atoms with Crippen molar-refractivity contribution < 1.29 is 9.63 Å². The predicted octanol–water partition coefficient (Wildman–Crippen LogP) is 3.78.